The van der Waals surface area contributed by atoms with Crippen LogP contribution >= 0.6 is 0 Å². The van der Waals surface area contributed by atoms with Gasteiger partial charge in [0.2, 0.25) is 0 Å². The summed E-state index contributed by atoms with van der Waals surface area (Å²) >= 11 is 0. The van der Waals surface area contributed by atoms with E-state index < -0.39 is 11.8 Å². The van der Waals surface area contributed by atoms with Crippen LogP contribution in [0, 0.1) is 0 Å². The highest BCUT2D eigenvalue weighted by atomic mass is 16.2. The molecule has 0 radical (unpaired) electrons. The second-order valence-corrected chi connectivity index (χ2v) is 13.8. The second kappa shape index (κ2) is 13.7. The molecule has 0 N–H and O–H groups in total. The Bertz CT molecular complexity index is 2020. The van der Waals surface area contributed by atoms with E-state index in [1.807, 2.05) is 36.4 Å². The molecular formula is C42H45N3O4. The summed E-state index contributed by atoms with van der Waals surface area (Å²) in [5.74, 6) is -1.27. The molecule has 0 aromatic heterocycles. The molecular weight excluding hydrogens is 610 g/mol. The third-order valence-electron chi connectivity index (χ3n) is 10.7. The van der Waals surface area contributed by atoms with Gasteiger partial charge >= 0.3 is 0 Å². The summed E-state index contributed by atoms with van der Waals surface area (Å²) in [5.41, 5.74) is 2.03. The Hall–Kier alpha value is -4.65. The topological polar surface area (TPSA) is 87.1 Å². The predicted octanol–water partition coefficient (Wildman–Crippen LogP) is 10.4. The molecule has 0 saturated carbocycles. The molecule has 7 nitrogen and oxygen atoms in total. The van der Waals surface area contributed by atoms with E-state index in [0.29, 0.717) is 39.4 Å². The fraction of sp³-hybridized carbons (Fsp3) is 0.405. The molecule has 2 aliphatic rings. The van der Waals surface area contributed by atoms with Crippen LogP contribution in [0.4, 0.5) is 0 Å². The quantitative estimate of drug-likeness (QED) is 0.0369. The number of hydrogen-bond donors (Lipinski definition) is 0. The third-order valence-corrected chi connectivity index (χ3v) is 10.7. The van der Waals surface area contributed by atoms with E-state index in [1.54, 1.807) is 23.2 Å². The summed E-state index contributed by atoms with van der Waals surface area (Å²) in [7, 11) is 0. The van der Waals surface area contributed by atoms with Crippen LogP contribution in [0.15, 0.2) is 53.6 Å². The van der Waals surface area contributed by atoms with Gasteiger partial charge in [-0.2, -0.15) is 10.1 Å². The lowest BCUT2D eigenvalue weighted by Crippen LogP contribution is -2.47. The number of benzene rings is 5. The SMILES string of the molecule is CCCC/C=N/N1C(=O)c2ccc3c4ccc5c6c(ccc(c7ccc(c2c37)C1=O)c64)C(=O)N(C(CCCCCC)CCCCCC)C5=O. The minimum Gasteiger partial charge on any atom is -0.271 e. The van der Waals surface area contributed by atoms with Gasteiger partial charge in [-0.15, -0.1) is 0 Å². The monoisotopic (exact) mass is 655 g/mol. The van der Waals surface area contributed by atoms with Gasteiger partial charge in [0.1, 0.15) is 0 Å². The largest absolute Gasteiger partial charge is 0.282 e. The number of nitrogens with zero attached hydrogens (tertiary/aromatic N) is 3. The van der Waals surface area contributed by atoms with Crippen molar-refractivity contribution in [1.29, 1.82) is 0 Å². The lowest BCUT2D eigenvalue weighted by molar-refractivity contribution is 0.0515. The van der Waals surface area contributed by atoms with Gasteiger partial charge in [0.05, 0.1) is 11.1 Å². The van der Waals surface area contributed by atoms with Crippen molar-refractivity contribution in [2.45, 2.75) is 110 Å². The van der Waals surface area contributed by atoms with Gasteiger partial charge in [-0.25, -0.2) is 0 Å². The molecule has 0 bridgehead atoms. The van der Waals surface area contributed by atoms with E-state index in [1.165, 1.54) is 0 Å². The summed E-state index contributed by atoms with van der Waals surface area (Å²) in [5, 5.41) is 11.9. The van der Waals surface area contributed by atoms with Crippen LogP contribution in [0.3, 0.4) is 0 Å². The van der Waals surface area contributed by atoms with Crippen molar-refractivity contribution in [3.05, 3.63) is 70.8 Å². The van der Waals surface area contributed by atoms with Crippen molar-refractivity contribution in [3.8, 4) is 0 Å². The molecule has 5 aromatic rings. The molecule has 0 aliphatic carbocycles. The molecule has 0 unspecified atom stereocenters. The molecule has 4 amide bonds. The Balaban J connectivity index is 1.34. The second-order valence-electron chi connectivity index (χ2n) is 13.8. The van der Waals surface area contributed by atoms with E-state index >= 15 is 0 Å². The van der Waals surface area contributed by atoms with Crippen LogP contribution in [-0.2, 0) is 0 Å². The molecule has 2 aliphatic heterocycles. The third kappa shape index (κ3) is 5.38. The Morgan fingerprint density at radius 1 is 0.510 bits per heavy atom. The van der Waals surface area contributed by atoms with Gasteiger partial charge < -0.3 is 0 Å². The molecule has 7 heteroatoms. The Morgan fingerprint density at radius 2 is 0.918 bits per heavy atom. The van der Waals surface area contributed by atoms with E-state index in [0.717, 1.165) is 114 Å². The fourth-order valence-electron chi connectivity index (χ4n) is 8.16. The number of rotatable bonds is 15. The molecule has 49 heavy (non-hydrogen) atoms. The molecule has 5 aromatic carbocycles. The van der Waals surface area contributed by atoms with E-state index in [4.69, 9.17) is 0 Å². The fourth-order valence-corrected chi connectivity index (χ4v) is 8.16. The number of imide groups is 2. The minimum absolute atomic E-state index is 0.119. The summed E-state index contributed by atoms with van der Waals surface area (Å²) in [6, 6.07) is 15.0. The van der Waals surface area contributed by atoms with Crippen molar-refractivity contribution in [3.63, 3.8) is 0 Å². The van der Waals surface area contributed by atoms with Crippen LogP contribution in [0.5, 0.6) is 0 Å². The van der Waals surface area contributed by atoms with Gasteiger partial charge in [0.25, 0.3) is 23.6 Å². The summed E-state index contributed by atoms with van der Waals surface area (Å²) in [6.45, 7) is 6.47. The lowest BCUT2D eigenvalue weighted by Gasteiger charge is -2.35. The van der Waals surface area contributed by atoms with Crippen molar-refractivity contribution >= 4 is 72.9 Å². The first-order chi connectivity index (χ1) is 23.9. The Morgan fingerprint density at radius 3 is 1.33 bits per heavy atom. The average molecular weight is 656 g/mol. The molecule has 0 fully saturated rings. The molecule has 0 atom stereocenters. The van der Waals surface area contributed by atoms with Crippen LogP contribution in [0.25, 0.3) is 43.1 Å². The lowest BCUT2D eigenvalue weighted by atomic mass is 9.82. The highest BCUT2D eigenvalue weighted by molar-refractivity contribution is 6.41. The van der Waals surface area contributed by atoms with E-state index in [2.05, 4.69) is 25.9 Å². The number of fused-ring (bicyclic) bond motifs is 2. The van der Waals surface area contributed by atoms with Gasteiger partial charge in [-0.3, -0.25) is 24.1 Å². The standard InChI is InChI=1S/C42H45N3O4/c1-4-7-10-12-15-26(16-13-11-8-5-2)44-39(46)31-21-17-27-29-19-23-33-38-34(42(49)45(41(33)48)43-25-14-9-6-3)24-20-30(36(29)38)28-18-22-32(40(44)47)37(31)35(27)28/h17-26H,4-16H2,1-3H3/b43-25+. The van der Waals surface area contributed by atoms with Crippen molar-refractivity contribution in [2.24, 2.45) is 5.10 Å². The van der Waals surface area contributed by atoms with Crippen LogP contribution < -0.4 is 0 Å². The highest BCUT2D eigenvalue weighted by Gasteiger charge is 2.39. The Labute approximate surface area is 287 Å². The zero-order valence-electron chi connectivity index (χ0n) is 28.9. The van der Waals surface area contributed by atoms with E-state index in [9.17, 15) is 19.2 Å². The average Bonchev–Trinajstić information content (AvgIpc) is 3.11. The number of amides is 4. The number of carbonyl (C=O) groups excluding carboxylic acids is 4. The summed E-state index contributed by atoms with van der Waals surface area (Å²) in [6.07, 6.45) is 14.7. The van der Waals surface area contributed by atoms with Crippen molar-refractivity contribution < 1.29 is 19.2 Å². The van der Waals surface area contributed by atoms with Gasteiger partial charge in [-0.05, 0) is 82.3 Å². The van der Waals surface area contributed by atoms with Crippen molar-refractivity contribution in [2.75, 3.05) is 0 Å². The van der Waals surface area contributed by atoms with Gasteiger partial charge in [-0.1, -0.05) is 103 Å². The van der Waals surface area contributed by atoms with Gasteiger partial charge in [0, 0.05) is 34.2 Å². The number of hydrogen-bond acceptors (Lipinski definition) is 5. The normalized spacial score (nSPS) is 14.9. The van der Waals surface area contributed by atoms with Gasteiger partial charge in [0.15, 0.2) is 0 Å². The first-order valence-electron chi connectivity index (χ1n) is 18.4. The molecule has 0 spiro atoms. The van der Waals surface area contributed by atoms with Crippen molar-refractivity contribution in [1.82, 2.24) is 9.91 Å². The maximum atomic E-state index is 14.4. The first-order valence-corrected chi connectivity index (χ1v) is 18.4. The van der Waals surface area contributed by atoms with Crippen LogP contribution in [0.2, 0.25) is 0 Å². The zero-order valence-corrected chi connectivity index (χ0v) is 28.9. The minimum atomic E-state index is -0.430. The summed E-state index contributed by atoms with van der Waals surface area (Å²) < 4.78 is 0. The summed E-state index contributed by atoms with van der Waals surface area (Å²) in [4.78, 5) is 57.6. The number of hydrazone groups is 1. The highest BCUT2D eigenvalue weighted by Crippen LogP contribution is 2.46. The molecule has 0 saturated heterocycles. The number of carbonyl (C=O) groups is 4. The molecule has 2 heterocycles. The van der Waals surface area contributed by atoms with Crippen LogP contribution in [-0.4, -0.2) is 45.8 Å². The smallest absolute Gasteiger partial charge is 0.271 e. The predicted molar refractivity (Wildman–Crippen MR) is 198 cm³/mol. The zero-order chi connectivity index (χ0) is 34.2. The molecule has 252 valence electrons. The maximum Gasteiger partial charge on any atom is 0.282 e. The van der Waals surface area contributed by atoms with E-state index in [-0.39, 0.29) is 17.9 Å². The maximum absolute atomic E-state index is 14.4. The first kappa shape index (κ1) is 32.9. The Kier molecular flexibility index (Phi) is 9.19. The molecule has 7 rings (SSSR count). The number of unbranched alkanes of at least 4 members (excludes halogenated alkanes) is 8. The van der Waals surface area contributed by atoms with Crippen LogP contribution in [0.1, 0.15) is 146 Å².